The molecule has 1 aromatic heterocycles. The van der Waals surface area contributed by atoms with Crippen molar-refractivity contribution in [1.82, 2.24) is 14.8 Å². The fraction of sp³-hybridized carbons (Fsp3) is 0.160. The van der Waals surface area contributed by atoms with E-state index in [1.165, 1.54) is 11.8 Å². The number of benzene rings is 3. The first-order chi connectivity index (χ1) is 17.0. The lowest BCUT2D eigenvalue weighted by Gasteiger charge is -2.12. The molecule has 0 radical (unpaired) electrons. The molecule has 0 aliphatic carbocycles. The van der Waals surface area contributed by atoms with Crippen molar-refractivity contribution in [2.45, 2.75) is 18.7 Å². The van der Waals surface area contributed by atoms with Crippen LogP contribution in [-0.2, 0) is 11.4 Å². The molecule has 35 heavy (non-hydrogen) atoms. The molecule has 0 unspecified atom stereocenters. The van der Waals surface area contributed by atoms with E-state index in [4.69, 9.17) is 32.7 Å². The molecule has 1 N–H and O–H groups in total. The third kappa shape index (κ3) is 6.69. The first-order valence-corrected chi connectivity index (χ1v) is 12.5. The average Bonchev–Trinajstić information content (AvgIpc) is 3.27. The molecule has 4 rings (SSSR count). The number of nitrogens with one attached hydrogen (secondary N) is 1. The van der Waals surface area contributed by atoms with Crippen molar-refractivity contribution in [2.24, 2.45) is 0 Å². The second-order valence-electron chi connectivity index (χ2n) is 7.22. The van der Waals surface area contributed by atoms with Crippen LogP contribution in [0.25, 0.3) is 5.69 Å². The van der Waals surface area contributed by atoms with E-state index in [0.717, 1.165) is 17.2 Å². The Morgan fingerprint density at radius 1 is 0.971 bits per heavy atom. The van der Waals surface area contributed by atoms with E-state index < -0.39 is 0 Å². The van der Waals surface area contributed by atoms with Gasteiger partial charge >= 0.3 is 0 Å². The minimum atomic E-state index is -0.234. The van der Waals surface area contributed by atoms with Crippen LogP contribution in [-0.4, -0.2) is 33.0 Å². The summed E-state index contributed by atoms with van der Waals surface area (Å²) in [6.45, 7) is 2.72. The molecule has 1 heterocycles. The number of anilines is 1. The van der Waals surface area contributed by atoms with Crippen LogP contribution in [0.15, 0.2) is 78.0 Å². The average molecular weight is 529 g/mol. The van der Waals surface area contributed by atoms with E-state index in [9.17, 15) is 4.79 Å². The number of thioether (sulfide) groups is 1. The maximum atomic E-state index is 12.6. The lowest BCUT2D eigenvalue weighted by Crippen LogP contribution is -2.15. The van der Waals surface area contributed by atoms with Crippen LogP contribution in [0.1, 0.15) is 12.7 Å². The number of halogens is 2. The second kappa shape index (κ2) is 12.0. The standard InChI is InChI=1S/C25H22Cl2N4O3S/c1-2-33-20-11-9-18(10-12-20)31-23(15-34-19-6-4-3-5-7-19)29-30-25(31)35-16-24(32)28-22-13-8-17(26)14-21(22)27/h3-14H,2,15-16H2,1H3,(H,28,32). The van der Waals surface area contributed by atoms with E-state index >= 15 is 0 Å². The molecule has 0 saturated heterocycles. The van der Waals surface area contributed by atoms with Crippen molar-refractivity contribution in [3.63, 3.8) is 0 Å². The highest BCUT2D eigenvalue weighted by Gasteiger charge is 2.17. The Morgan fingerprint density at radius 3 is 2.43 bits per heavy atom. The van der Waals surface area contributed by atoms with Crippen molar-refractivity contribution in [3.8, 4) is 17.2 Å². The van der Waals surface area contributed by atoms with Gasteiger partial charge in [-0.15, -0.1) is 10.2 Å². The predicted molar refractivity (Wildman–Crippen MR) is 139 cm³/mol. The summed E-state index contributed by atoms with van der Waals surface area (Å²) in [6.07, 6.45) is 0. The highest BCUT2D eigenvalue weighted by molar-refractivity contribution is 7.99. The van der Waals surface area contributed by atoms with Crippen LogP contribution >= 0.6 is 35.0 Å². The fourth-order valence-corrected chi connectivity index (χ4v) is 4.40. The quantitative estimate of drug-likeness (QED) is 0.244. The van der Waals surface area contributed by atoms with Gasteiger partial charge in [0, 0.05) is 10.7 Å². The zero-order valence-corrected chi connectivity index (χ0v) is 21.1. The van der Waals surface area contributed by atoms with E-state index in [-0.39, 0.29) is 18.3 Å². The summed E-state index contributed by atoms with van der Waals surface area (Å²) in [5.41, 5.74) is 1.32. The Labute approximate surface area is 217 Å². The van der Waals surface area contributed by atoms with Gasteiger partial charge in [-0.25, -0.2) is 0 Å². The van der Waals surface area contributed by atoms with Crippen LogP contribution in [0.2, 0.25) is 10.0 Å². The van der Waals surface area contributed by atoms with Gasteiger partial charge in [0.2, 0.25) is 5.91 Å². The van der Waals surface area contributed by atoms with Gasteiger partial charge in [-0.2, -0.15) is 0 Å². The number of para-hydroxylation sites is 1. The van der Waals surface area contributed by atoms with Gasteiger partial charge in [0.25, 0.3) is 0 Å². The molecule has 1 amide bonds. The number of hydrogen-bond donors (Lipinski definition) is 1. The Bertz CT molecular complexity index is 1280. The van der Waals surface area contributed by atoms with Crippen LogP contribution in [0.4, 0.5) is 5.69 Å². The Balaban J connectivity index is 1.52. The lowest BCUT2D eigenvalue weighted by molar-refractivity contribution is -0.113. The van der Waals surface area contributed by atoms with E-state index in [2.05, 4.69) is 15.5 Å². The van der Waals surface area contributed by atoms with Gasteiger partial charge in [0.15, 0.2) is 11.0 Å². The smallest absolute Gasteiger partial charge is 0.234 e. The topological polar surface area (TPSA) is 78.3 Å². The molecule has 0 atom stereocenters. The van der Waals surface area contributed by atoms with Gasteiger partial charge in [-0.05, 0) is 61.5 Å². The first-order valence-electron chi connectivity index (χ1n) is 10.8. The molecule has 4 aromatic rings. The number of nitrogens with zero attached hydrogens (tertiary/aromatic N) is 3. The van der Waals surface area contributed by atoms with Crippen molar-refractivity contribution in [2.75, 3.05) is 17.7 Å². The summed E-state index contributed by atoms with van der Waals surface area (Å²) < 4.78 is 13.3. The molecule has 0 bridgehead atoms. The fourth-order valence-electron chi connectivity index (χ4n) is 3.18. The largest absolute Gasteiger partial charge is 0.494 e. The van der Waals surface area contributed by atoms with E-state index in [1.54, 1.807) is 18.2 Å². The van der Waals surface area contributed by atoms with Gasteiger partial charge in [0.1, 0.15) is 18.1 Å². The van der Waals surface area contributed by atoms with E-state index in [0.29, 0.717) is 33.3 Å². The lowest BCUT2D eigenvalue weighted by atomic mass is 10.3. The maximum absolute atomic E-state index is 12.6. The minimum Gasteiger partial charge on any atom is -0.494 e. The van der Waals surface area contributed by atoms with Crippen LogP contribution in [0.3, 0.4) is 0 Å². The van der Waals surface area contributed by atoms with Crippen molar-refractivity contribution >= 4 is 46.6 Å². The molecule has 7 nitrogen and oxygen atoms in total. The Morgan fingerprint density at radius 2 is 1.71 bits per heavy atom. The number of aromatic nitrogens is 3. The number of hydrogen-bond acceptors (Lipinski definition) is 6. The molecule has 3 aromatic carbocycles. The highest BCUT2D eigenvalue weighted by Crippen LogP contribution is 2.27. The van der Waals surface area contributed by atoms with E-state index in [1.807, 2.05) is 66.1 Å². The molecular formula is C25H22Cl2N4O3S. The molecule has 0 aliphatic rings. The molecular weight excluding hydrogens is 507 g/mol. The zero-order chi connectivity index (χ0) is 24.6. The molecule has 0 spiro atoms. The summed E-state index contributed by atoms with van der Waals surface area (Å²) in [6, 6.07) is 22.0. The second-order valence-corrected chi connectivity index (χ2v) is 9.01. The Hall–Kier alpha value is -3.20. The van der Waals surface area contributed by atoms with Crippen molar-refractivity contribution < 1.29 is 14.3 Å². The Kier molecular flexibility index (Phi) is 8.52. The van der Waals surface area contributed by atoms with Gasteiger partial charge in [-0.1, -0.05) is 53.2 Å². The number of amides is 1. The normalized spacial score (nSPS) is 10.7. The molecule has 10 heteroatoms. The van der Waals surface area contributed by atoms with Gasteiger partial charge < -0.3 is 14.8 Å². The minimum absolute atomic E-state index is 0.105. The molecule has 180 valence electrons. The maximum Gasteiger partial charge on any atom is 0.234 e. The summed E-state index contributed by atoms with van der Waals surface area (Å²) in [7, 11) is 0. The molecule has 0 saturated carbocycles. The van der Waals surface area contributed by atoms with Crippen LogP contribution < -0.4 is 14.8 Å². The molecule has 0 aliphatic heterocycles. The van der Waals surface area contributed by atoms with Gasteiger partial charge in [0.05, 0.1) is 23.1 Å². The highest BCUT2D eigenvalue weighted by atomic mass is 35.5. The summed E-state index contributed by atoms with van der Waals surface area (Å²) in [5, 5.41) is 12.8. The SMILES string of the molecule is CCOc1ccc(-n2c(COc3ccccc3)nnc2SCC(=O)Nc2ccc(Cl)cc2Cl)cc1. The van der Waals surface area contributed by atoms with Crippen molar-refractivity contribution in [3.05, 3.63) is 88.7 Å². The third-order valence-electron chi connectivity index (χ3n) is 4.76. The molecule has 0 fully saturated rings. The first kappa shape index (κ1) is 24.9. The summed E-state index contributed by atoms with van der Waals surface area (Å²) >= 11 is 13.3. The van der Waals surface area contributed by atoms with Crippen LogP contribution in [0.5, 0.6) is 11.5 Å². The number of carbonyl (C=O) groups excluding carboxylic acids is 1. The zero-order valence-electron chi connectivity index (χ0n) is 18.8. The van der Waals surface area contributed by atoms with Crippen molar-refractivity contribution in [1.29, 1.82) is 0 Å². The summed E-state index contributed by atoms with van der Waals surface area (Å²) in [4.78, 5) is 12.6. The summed E-state index contributed by atoms with van der Waals surface area (Å²) in [5.74, 6) is 1.96. The third-order valence-corrected chi connectivity index (χ3v) is 6.23. The number of rotatable bonds is 10. The number of carbonyl (C=O) groups is 1. The number of ether oxygens (including phenoxy) is 2. The van der Waals surface area contributed by atoms with Gasteiger partial charge in [-0.3, -0.25) is 9.36 Å². The van der Waals surface area contributed by atoms with Crippen LogP contribution in [0, 0.1) is 0 Å². The predicted octanol–water partition coefficient (Wildman–Crippen LogP) is 6.28. The monoisotopic (exact) mass is 528 g/mol.